The quantitative estimate of drug-likeness (QED) is 0.587. The molecule has 0 aliphatic carbocycles. The Morgan fingerprint density at radius 1 is 1.25 bits per heavy atom. The van der Waals surface area contributed by atoms with Crippen molar-refractivity contribution in [3.05, 3.63) is 66.7 Å². The first-order chi connectivity index (χ1) is 9.47. The van der Waals surface area contributed by atoms with Gasteiger partial charge in [-0.25, -0.2) is 0 Å². The second-order valence-corrected chi connectivity index (χ2v) is 6.90. The van der Waals surface area contributed by atoms with Crippen molar-refractivity contribution in [3.8, 4) is 0 Å². The second kappa shape index (κ2) is 6.91. The van der Waals surface area contributed by atoms with Crippen molar-refractivity contribution < 1.29 is 4.79 Å². The summed E-state index contributed by atoms with van der Waals surface area (Å²) >= 11 is 11.6. The third-order valence-corrected chi connectivity index (χ3v) is 4.95. The van der Waals surface area contributed by atoms with E-state index in [-0.39, 0.29) is 5.91 Å². The summed E-state index contributed by atoms with van der Waals surface area (Å²) in [6, 6.07) is 13.3. The lowest BCUT2D eigenvalue weighted by Crippen LogP contribution is -2.26. The molecule has 0 aliphatic heterocycles. The Morgan fingerprint density at radius 3 is 2.50 bits per heavy atom. The highest BCUT2D eigenvalue weighted by Gasteiger charge is 2.13. The van der Waals surface area contributed by atoms with Gasteiger partial charge in [0.05, 0.1) is 5.02 Å². The number of halogens is 3. The van der Waals surface area contributed by atoms with E-state index >= 15 is 0 Å². The SMILES string of the molecule is CN(Cc1ccc(Br)cc1)C(=O)c1ccc(I)c(Cl)c1. The van der Waals surface area contributed by atoms with Crippen LogP contribution in [-0.2, 0) is 6.54 Å². The van der Waals surface area contributed by atoms with Crippen LogP contribution in [0.5, 0.6) is 0 Å². The van der Waals surface area contributed by atoms with Gasteiger partial charge in [-0.3, -0.25) is 4.79 Å². The lowest BCUT2D eigenvalue weighted by molar-refractivity contribution is 0.0785. The smallest absolute Gasteiger partial charge is 0.253 e. The van der Waals surface area contributed by atoms with Crippen LogP contribution in [0.3, 0.4) is 0 Å². The summed E-state index contributed by atoms with van der Waals surface area (Å²) in [6.07, 6.45) is 0. The van der Waals surface area contributed by atoms with Gasteiger partial charge >= 0.3 is 0 Å². The van der Waals surface area contributed by atoms with Crippen molar-refractivity contribution in [2.45, 2.75) is 6.54 Å². The first-order valence-corrected chi connectivity index (χ1v) is 8.17. The van der Waals surface area contributed by atoms with Crippen molar-refractivity contribution in [1.82, 2.24) is 4.90 Å². The number of carbonyl (C=O) groups excluding carboxylic acids is 1. The summed E-state index contributed by atoms with van der Waals surface area (Å²) in [5, 5.41) is 0.605. The molecule has 20 heavy (non-hydrogen) atoms. The molecule has 2 aromatic carbocycles. The van der Waals surface area contributed by atoms with Gasteiger partial charge in [-0.05, 0) is 58.5 Å². The third kappa shape index (κ3) is 3.96. The van der Waals surface area contributed by atoms with E-state index in [4.69, 9.17) is 11.6 Å². The Balaban J connectivity index is 2.11. The maximum atomic E-state index is 12.3. The standard InChI is InChI=1S/C15H12BrClINO/c1-19(9-10-2-5-12(16)6-3-10)15(20)11-4-7-14(18)13(17)8-11/h2-8H,9H2,1H3. The minimum atomic E-state index is -0.0359. The van der Waals surface area contributed by atoms with Gasteiger partial charge in [0, 0.05) is 27.2 Å². The largest absolute Gasteiger partial charge is 0.337 e. The summed E-state index contributed by atoms with van der Waals surface area (Å²) in [5.41, 5.74) is 1.69. The van der Waals surface area contributed by atoms with E-state index in [0.717, 1.165) is 13.6 Å². The minimum Gasteiger partial charge on any atom is -0.337 e. The molecule has 0 saturated heterocycles. The Kier molecular flexibility index (Phi) is 5.46. The molecular weight excluding hydrogens is 452 g/mol. The maximum absolute atomic E-state index is 12.3. The zero-order chi connectivity index (χ0) is 14.7. The average molecular weight is 465 g/mol. The molecule has 104 valence electrons. The van der Waals surface area contributed by atoms with E-state index in [1.54, 1.807) is 24.1 Å². The Labute approximate surface area is 145 Å². The first kappa shape index (κ1) is 15.8. The lowest BCUT2D eigenvalue weighted by Gasteiger charge is -2.17. The number of rotatable bonds is 3. The van der Waals surface area contributed by atoms with Crippen molar-refractivity contribution in [2.75, 3.05) is 7.05 Å². The normalized spacial score (nSPS) is 10.4. The fourth-order valence-electron chi connectivity index (χ4n) is 1.79. The van der Waals surface area contributed by atoms with E-state index in [9.17, 15) is 4.79 Å². The third-order valence-electron chi connectivity index (χ3n) is 2.85. The summed E-state index contributed by atoms with van der Waals surface area (Å²) in [4.78, 5) is 14.0. The number of hydrogen-bond donors (Lipinski definition) is 0. The molecule has 0 atom stereocenters. The van der Waals surface area contributed by atoms with Crippen LogP contribution in [0.2, 0.25) is 5.02 Å². The van der Waals surface area contributed by atoms with E-state index < -0.39 is 0 Å². The van der Waals surface area contributed by atoms with Crippen LogP contribution in [0.1, 0.15) is 15.9 Å². The highest BCUT2D eigenvalue weighted by atomic mass is 127. The monoisotopic (exact) mass is 463 g/mol. The molecule has 2 rings (SSSR count). The van der Waals surface area contributed by atoms with Gasteiger partial charge in [-0.1, -0.05) is 39.7 Å². The molecule has 0 aromatic heterocycles. The van der Waals surface area contributed by atoms with Crippen molar-refractivity contribution in [2.24, 2.45) is 0 Å². The van der Waals surface area contributed by atoms with E-state index in [1.165, 1.54) is 0 Å². The molecular formula is C15H12BrClINO. The maximum Gasteiger partial charge on any atom is 0.253 e. The van der Waals surface area contributed by atoms with Gasteiger partial charge in [-0.2, -0.15) is 0 Å². The summed E-state index contributed by atoms with van der Waals surface area (Å²) in [7, 11) is 1.79. The van der Waals surface area contributed by atoms with Crippen LogP contribution in [0.4, 0.5) is 0 Å². The topological polar surface area (TPSA) is 20.3 Å². The van der Waals surface area contributed by atoms with Crippen LogP contribution in [0.25, 0.3) is 0 Å². The number of carbonyl (C=O) groups is 1. The van der Waals surface area contributed by atoms with Crippen molar-refractivity contribution >= 4 is 56.0 Å². The van der Waals surface area contributed by atoms with Crippen LogP contribution in [0.15, 0.2) is 46.9 Å². The summed E-state index contributed by atoms with van der Waals surface area (Å²) < 4.78 is 1.97. The molecule has 0 radical (unpaired) electrons. The van der Waals surface area contributed by atoms with Gasteiger partial charge in [0.1, 0.15) is 0 Å². The summed E-state index contributed by atoms with van der Waals surface area (Å²) in [6.45, 7) is 0.565. The molecule has 0 N–H and O–H groups in total. The molecule has 0 aliphatic rings. The van der Waals surface area contributed by atoms with Crippen LogP contribution < -0.4 is 0 Å². The summed E-state index contributed by atoms with van der Waals surface area (Å²) in [5.74, 6) is -0.0359. The molecule has 2 nitrogen and oxygen atoms in total. The van der Waals surface area contributed by atoms with E-state index in [1.807, 2.05) is 30.3 Å². The Bertz CT molecular complexity index is 630. The predicted octanol–water partition coefficient (Wildman–Crippen LogP) is 4.98. The highest BCUT2D eigenvalue weighted by Crippen LogP contribution is 2.21. The molecule has 0 bridgehead atoms. The minimum absolute atomic E-state index is 0.0359. The number of nitrogens with zero attached hydrogens (tertiary/aromatic N) is 1. The fourth-order valence-corrected chi connectivity index (χ4v) is 2.57. The van der Waals surface area contributed by atoms with Crippen LogP contribution >= 0.6 is 50.1 Å². The predicted molar refractivity (Wildman–Crippen MR) is 94.1 cm³/mol. The van der Waals surface area contributed by atoms with Gasteiger partial charge in [0.2, 0.25) is 0 Å². The molecule has 2 aromatic rings. The molecule has 0 heterocycles. The van der Waals surface area contributed by atoms with Gasteiger partial charge < -0.3 is 4.90 Å². The number of hydrogen-bond acceptors (Lipinski definition) is 1. The van der Waals surface area contributed by atoms with Gasteiger partial charge in [0.25, 0.3) is 5.91 Å². The molecule has 0 fully saturated rings. The number of benzene rings is 2. The average Bonchev–Trinajstić information content (AvgIpc) is 2.43. The van der Waals surface area contributed by atoms with Gasteiger partial charge in [0.15, 0.2) is 0 Å². The fraction of sp³-hybridized carbons (Fsp3) is 0.133. The Hall–Kier alpha value is -0.590. The molecule has 0 saturated carbocycles. The van der Waals surface area contributed by atoms with Crippen molar-refractivity contribution in [1.29, 1.82) is 0 Å². The molecule has 0 unspecified atom stereocenters. The van der Waals surface area contributed by atoms with Crippen molar-refractivity contribution in [3.63, 3.8) is 0 Å². The highest BCUT2D eigenvalue weighted by molar-refractivity contribution is 14.1. The van der Waals surface area contributed by atoms with Gasteiger partial charge in [-0.15, -0.1) is 0 Å². The first-order valence-electron chi connectivity index (χ1n) is 5.92. The Morgan fingerprint density at radius 2 is 1.90 bits per heavy atom. The van der Waals surface area contributed by atoms with Crippen LogP contribution in [0, 0.1) is 3.57 Å². The molecule has 0 spiro atoms. The van der Waals surface area contributed by atoms with E-state index in [2.05, 4.69) is 38.5 Å². The lowest BCUT2D eigenvalue weighted by atomic mass is 10.1. The molecule has 1 amide bonds. The zero-order valence-electron chi connectivity index (χ0n) is 10.7. The van der Waals surface area contributed by atoms with Crippen LogP contribution in [-0.4, -0.2) is 17.9 Å². The molecule has 5 heteroatoms. The number of amides is 1. The second-order valence-electron chi connectivity index (χ2n) is 4.42. The van der Waals surface area contributed by atoms with E-state index in [0.29, 0.717) is 17.1 Å². The zero-order valence-corrected chi connectivity index (χ0v) is 15.2.